The van der Waals surface area contributed by atoms with Gasteiger partial charge in [-0.05, 0) is 37.3 Å². The van der Waals surface area contributed by atoms with Gasteiger partial charge < -0.3 is 4.74 Å². The summed E-state index contributed by atoms with van der Waals surface area (Å²) in [6.45, 7) is 11.5. The summed E-state index contributed by atoms with van der Waals surface area (Å²) in [5.74, 6) is 0.172. The summed E-state index contributed by atoms with van der Waals surface area (Å²) in [4.78, 5) is 24.0. The normalized spacial score (nSPS) is 36.9. The zero-order chi connectivity index (χ0) is 15.1. The number of esters is 1. The van der Waals surface area contributed by atoms with E-state index in [1.54, 1.807) is 6.08 Å². The molecule has 0 bridgehead atoms. The van der Waals surface area contributed by atoms with Gasteiger partial charge in [0, 0.05) is 18.3 Å². The average molecular weight is 276 g/mol. The molecular weight excluding hydrogens is 252 g/mol. The molecule has 0 unspecified atom stereocenters. The van der Waals surface area contributed by atoms with Gasteiger partial charge in [-0.15, -0.1) is 0 Å². The van der Waals surface area contributed by atoms with Gasteiger partial charge in [0.2, 0.25) is 0 Å². The number of hydrogen-bond acceptors (Lipinski definition) is 3. The number of rotatable bonds is 2. The van der Waals surface area contributed by atoms with Crippen LogP contribution in [0.3, 0.4) is 0 Å². The molecule has 2 rings (SSSR count). The molecule has 0 heterocycles. The van der Waals surface area contributed by atoms with E-state index in [9.17, 15) is 9.59 Å². The number of hydrogen-bond donors (Lipinski definition) is 0. The van der Waals surface area contributed by atoms with Crippen molar-refractivity contribution in [3.05, 3.63) is 23.8 Å². The van der Waals surface area contributed by atoms with Gasteiger partial charge >= 0.3 is 5.97 Å². The maximum absolute atomic E-state index is 12.5. The van der Waals surface area contributed by atoms with Crippen LogP contribution in [0, 0.1) is 17.3 Å². The molecule has 0 aromatic carbocycles. The lowest BCUT2D eigenvalue weighted by Gasteiger charge is -2.52. The van der Waals surface area contributed by atoms with Crippen molar-refractivity contribution in [2.45, 2.75) is 53.1 Å². The van der Waals surface area contributed by atoms with Crippen LogP contribution in [0.15, 0.2) is 23.8 Å². The second-order valence-electron chi connectivity index (χ2n) is 6.52. The number of carbonyl (C=O) groups excluding carboxylic acids is 2. The van der Waals surface area contributed by atoms with Gasteiger partial charge in [0.05, 0.1) is 0 Å². The van der Waals surface area contributed by atoms with Gasteiger partial charge in [-0.1, -0.05) is 32.4 Å². The molecule has 0 N–H and O–H groups in total. The maximum atomic E-state index is 12.5. The Morgan fingerprint density at radius 2 is 2.05 bits per heavy atom. The van der Waals surface area contributed by atoms with Crippen molar-refractivity contribution in [3.63, 3.8) is 0 Å². The van der Waals surface area contributed by atoms with Crippen molar-refractivity contribution in [2.24, 2.45) is 17.3 Å². The van der Waals surface area contributed by atoms with E-state index >= 15 is 0 Å². The summed E-state index contributed by atoms with van der Waals surface area (Å²) in [6.07, 6.45) is 4.32. The molecule has 20 heavy (non-hydrogen) atoms. The van der Waals surface area contributed by atoms with Gasteiger partial charge in [0.1, 0.15) is 6.10 Å². The minimum Gasteiger partial charge on any atom is -0.457 e. The molecule has 0 saturated heterocycles. The largest absolute Gasteiger partial charge is 0.457 e. The average Bonchev–Trinajstić information content (AvgIpc) is 2.34. The molecule has 0 amide bonds. The summed E-state index contributed by atoms with van der Waals surface area (Å²) in [5, 5.41) is 0. The highest BCUT2D eigenvalue weighted by atomic mass is 16.5. The summed E-state index contributed by atoms with van der Waals surface area (Å²) >= 11 is 0. The van der Waals surface area contributed by atoms with E-state index in [1.807, 2.05) is 6.92 Å². The minimum absolute atomic E-state index is 0.0429. The van der Waals surface area contributed by atoms with Crippen LogP contribution in [-0.2, 0) is 14.3 Å². The first kappa shape index (κ1) is 15.0. The van der Waals surface area contributed by atoms with E-state index in [0.717, 1.165) is 30.4 Å². The topological polar surface area (TPSA) is 43.4 Å². The Hall–Kier alpha value is -1.38. The summed E-state index contributed by atoms with van der Waals surface area (Å²) in [7, 11) is 0. The summed E-state index contributed by atoms with van der Waals surface area (Å²) < 4.78 is 5.64. The maximum Gasteiger partial charge on any atom is 0.303 e. The minimum atomic E-state index is -0.351. The van der Waals surface area contributed by atoms with Crippen LogP contribution in [0.2, 0.25) is 0 Å². The third-order valence-electron chi connectivity index (χ3n) is 5.21. The summed E-state index contributed by atoms with van der Waals surface area (Å²) in [6, 6.07) is 0. The molecule has 3 nitrogen and oxygen atoms in total. The number of fused-ring (bicyclic) bond motifs is 1. The number of allylic oxidation sites excluding steroid dienone is 1. The molecule has 0 aromatic rings. The molecule has 0 radical (unpaired) electrons. The third kappa shape index (κ3) is 2.23. The van der Waals surface area contributed by atoms with Crippen LogP contribution in [0.5, 0.6) is 0 Å². The highest BCUT2D eigenvalue weighted by molar-refractivity contribution is 5.95. The van der Waals surface area contributed by atoms with Gasteiger partial charge in [-0.25, -0.2) is 0 Å². The second-order valence-corrected chi connectivity index (χ2v) is 6.52. The smallest absolute Gasteiger partial charge is 0.303 e. The van der Waals surface area contributed by atoms with Crippen molar-refractivity contribution < 1.29 is 14.3 Å². The van der Waals surface area contributed by atoms with Crippen molar-refractivity contribution in [1.29, 1.82) is 0 Å². The molecule has 2 aliphatic carbocycles. The Morgan fingerprint density at radius 3 is 2.60 bits per heavy atom. The summed E-state index contributed by atoms with van der Waals surface area (Å²) in [5.41, 5.74) is 1.28. The van der Waals surface area contributed by atoms with Crippen molar-refractivity contribution in [2.75, 3.05) is 0 Å². The zero-order valence-electron chi connectivity index (χ0n) is 12.9. The monoisotopic (exact) mass is 276 g/mol. The predicted molar refractivity (Wildman–Crippen MR) is 78.1 cm³/mol. The fraction of sp³-hybridized carbons (Fsp3) is 0.647. The van der Waals surface area contributed by atoms with Crippen LogP contribution in [0.1, 0.15) is 47.0 Å². The number of carbonyl (C=O) groups is 2. The van der Waals surface area contributed by atoms with Crippen LogP contribution in [-0.4, -0.2) is 17.9 Å². The van der Waals surface area contributed by atoms with Crippen LogP contribution < -0.4 is 0 Å². The first-order valence-corrected chi connectivity index (χ1v) is 7.37. The molecule has 2 aliphatic rings. The Labute approximate surface area is 121 Å². The van der Waals surface area contributed by atoms with E-state index in [1.165, 1.54) is 6.92 Å². The Bertz CT molecular complexity index is 488. The molecule has 1 saturated carbocycles. The van der Waals surface area contributed by atoms with Gasteiger partial charge in [0.15, 0.2) is 5.78 Å². The van der Waals surface area contributed by atoms with Crippen molar-refractivity contribution in [3.8, 4) is 0 Å². The van der Waals surface area contributed by atoms with Gasteiger partial charge in [0.25, 0.3) is 0 Å². The fourth-order valence-corrected chi connectivity index (χ4v) is 3.85. The lowest BCUT2D eigenvalue weighted by Crippen LogP contribution is -2.54. The third-order valence-corrected chi connectivity index (χ3v) is 5.21. The van der Waals surface area contributed by atoms with Crippen LogP contribution in [0.4, 0.5) is 0 Å². The molecule has 4 atom stereocenters. The van der Waals surface area contributed by atoms with E-state index in [4.69, 9.17) is 4.74 Å². The van der Waals surface area contributed by atoms with E-state index < -0.39 is 0 Å². The standard InChI is InChI=1S/C17H24O3/c1-10(2)13-9-15(19)14-8-6-7-11(3)17(14,5)16(13)20-12(4)18/h9,11,14,16H,1,6-8H2,2-5H3/t11-,14+,16+,17+/m0/s1. The molecule has 3 heteroatoms. The van der Waals surface area contributed by atoms with E-state index in [-0.39, 0.29) is 29.2 Å². The van der Waals surface area contributed by atoms with Crippen molar-refractivity contribution in [1.82, 2.24) is 0 Å². The number of ether oxygens (including phenoxy) is 1. The lowest BCUT2D eigenvalue weighted by atomic mass is 9.54. The molecule has 110 valence electrons. The second kappa shape index (κ2) is 5.19. The lowest BCUT2D eigenvalue weighted by molar-refractivity contribution is -0.162. The Kier molecular flexibility index (Phi) is 3.90. The predicted octanol–water partition coefficient (Wildman–Crippen LogP) is 3.45. The molecule has 0 aromatic heterocycles. The highest BCUT2D eigenvalue weighted by Crippen LogP contribution is 2.53. The van der Waals surface area contributed by atoms with Gasteiger partial charge in [-0.2, -0.15) is 0 Å². The first-order chi connectivity index (χ1) is 9.28. The van der Waals surface area contributed by atoms with Crippen LogP contribution in [0.25, 0.3) is 0 Å². The fourth-order valence-electron chi connectivity index (χ4n) is 3.85. The number of ketones is 1. The molecule has 0 spiro atoms. The SMILES string of the molecule is C=C(C)C1=CC(=O)[C@H]2CCC[C@H](C)[C@@]2(C)[C@@H]1OC(C)=O. The molecule has 1 fully saturated rings. The van der Waals surface area contributed by atoms with Crippen molar-refractivity contribution >= 4 is 11.8 Å². The Balaban J connectivity index is 2.54. The first-order valence-electron chi connectivity index (χ1n) is 7.37. The quantitative estimate of drug-likeness (QED) is 0.726. The molecule has 0 aliphatic heterocycles. The van der Waals surface area contributed by atoms with E-state index in [2.05, 4.69) is 20.4 Å². The highest BCUT2D eigenvalue weighted by Gasteiger charge is 2.54. The van der Waals surface area contributed by atoms with Gasteiger partial charge in [-0.3, -0.25) is 9.59 Å². The zero-order valence-corrected chi connectivity index (χ0v) is 12.9. The van der Waals surface area contributed by atoms with Crippen LogP contribution >= 0.6 is 0 Å². The van der Waals surface area contributed by atoms with E-state index in [0.29, 0.717) is 5.92 Å². The Morgan fingerprint density at radius 1 is 1.40 bits per heavy atom. The molecular formula is C17H24O3.